The molecule has 0 aliphatic carbocycles. The summed E-state index contributed by atoms with van der Waals surface area (Å²) in [7, 11) is 0. The number of pyridine rings is 1. The number of carbonyl (C=O) groups is 1. The number of aryl methyl sites for hydroxylation is 3. The van der Waals surface area contributed by atoms with Gasteiger partial charge in [0, 0.05) is 46.1 Å². The van der Waals surface area contributed by atoms with Gasteiger partial charge in [0.15, 0.2) is 0 Å². The first-order chi connectivity index (χ1) is 19.1. The van der Waals surface area contributed by atoms with Gasteiger partial charge in [-0.3, -0.25) is 9.78 Å². The summed E-state index contributed by atoms with van der Waals surface area (Å²) in [6.45, 7) is 5.18. The van der Waals surface area contributed by atoms with Crippen LogP contribution in [0.5, 0.6) is 0 Å². The average molecular weight is 543 g/mol. The van der Waals surface area contributed by atoms with Crippen LogP contribution in [0.4, 0.5) is 30.2 Å². The molecule has 0 saturated heterocycles. The van der Waals surface area contributed by atoms with E-state index < -0.39 is 17.6 Å². The second-order valence-corrected chi connectivity index (χ2v) is 9.43. The third kappa shape index (κ3) is 5.73. The Morgan fingerprint density at radius 3 is 2.33 bits per heavy atom. The maximum atomic E-state index is 13.7. The summed E-state index contributed by atoms with van der Waals surface area (Å²) in [6, 6.07) is 20.1. The number of alkyl halides is 3. The normalized spacial score (nSPS) is 11.3. The van der Waals surface area contributed by atoms with Gasteiger partial charge in [-0.25, -0.2) is 0 Å². The number of benzene rings is 3. The van der Waals surface area contributed by atoms with E-state index >= 15 is 0 Å². The minimum atomic E-state index is -4.61. The lowest BCUT2D eigenvalue weighted by atomic mass is 10.00. The minimum absolute atomic E-state index is 0.00841. The number of anilines is 3. The zero-order valence-electron chi connectivity index (χ0n) is 21.9. The molecule has 5 rings (SSSR count). The van der Waals surface area contributed by atoms with Gasteiger partial charge in [0.2, 0.25) is 0 Å². The summed E-state index contributed by atoms with van der Waals surface area (Å²) < 4.78 is 46.3. The van der Waals surface area contributed by atoms with Crippen molar-refractivity contribution in [1.29, 1.82) is 0 Å². The molecule has 0 aliphatic heterocycles. The van der Waals surface area contributed by atoms with Gasteiger partial charge in [0.1, 0.15) is 5.76 Å². The minimum Gasteiger partial charge on any atom is -0.361 e. The summed E-state index contributed by atoms with van der Waals surface area (Å²) in [6.07, 6.45) is -1.12. The second kappa shape index (κ2) is 10.7. The van der Waals surface area contributed by atoms with Crippen molar-refractivity contribution in [3.63, 3.8) is 0 Å². The number of rotatable bonds is 6. The van der Waals surface area contributed by atoms with Crippen LogP contribution in [0, 0.1) is 20.8 Å². The zero-order chi connectivity index (χ0) is 28.4. The molecule has 0 spiro atoms. The molecule has 202 valence electrons. The number of hydrogen-bond acceptors (Lipinski definition) is 5. The highest BCUT2D eigenvalue weighted by molar-refractivity contribution is 6.05. The first kappa shape index (κ1) is 26.7. The van der Waals surface area contributed by atoms with Crippen molar-refractivity contribution in [3.8, 4) is 22.3 Å². The number of nitrogens with zero attached hydrogens (tertiary/aromatic N) is 2. The largest absolute Gasteiger partial charge is 0.416 e. The highest BCUT2D eigenvalue weighted by atomic mass is 19.4. The summed E-state index contributed by atoms with van der Waals surface area (Å²) in [5, 5.41) is 9.82. The molecule has 0 fully saturated rings. The van der Waals surface area contributed by atoms with Crippen molar-refractivity contribution < 1.29 is 22.5 Å². The number of hydrogen-bond donors (Lipinski definition) is 2. The molecule has 0 aliphatic rings. The molecular weight excluding hydrogens is 517 g/mol. The Bertz CT molecular complexity index is 1680. The molecule has 2 aromatic heterocycles. The van der Waals surface area contributed by atoms with Crippen LogP contribution in [0.2, 0.25) is 0 Å². The number of halogens is 3. The summed E-state index contributed by atoms with van der Waals surface area (Å²) in [4.78, 5) is 17.4. The van der Waals surface area contributed by atoms with Crippen molar-refractivity contribution in [2.24, 2.45) is 0 Å². The smallest absolute Gasteiger partial charge is 0.361 e. The van der Waals surface area contributed by atoms with Gasteiger partial charge in [-0.05, 0) is 86.0 Å². The Kier molecular flexibility index (Phi) is 7.13. The topological polar surface area (TPSA) is 80.0 Å². The average Bonchev–Trinajstić information content (AvgIpc) is 3.27. The molecule has 0 radical (unpaired) electrons. The Labute approximate surface area is 228 Å². The van der Waals surface area contributed by atoms with Gasteiger partial charge in [-0.2, -0.15) is 13.2 Å². The molecule has 0 saturated carbocycles. The van der Waals surface area contributed by atoms with E-state index in [1.165, 1.54) is 6.07 Å². The molecule has 6 nitrogen and oxygen atoms in total. The Balaban J connectivity index is 1.43. The molecule has 40 heavy (non-hydrogen) atoms. The fourth-order valence-electron chi connectivity index (χ4n) is 4.47. The van der Waals surface area contributed by atoms with Gasteiger partial charge in [-0.1, -0.05) is 29.4 Å². The first-order valence-corrected chi connectivity index (χ1v) is 12.4. The van der Waals surface area contributed by atoms with E-state index in [9.17, 15) is 18.0 Å². The van der Waals surface area contributed by atoms with Crippen molar-refractivity contribution in [2.75, 3.05) is 10.6 Å². The number of aromatic nitrogens is 2. The number of amides is 1. The van der Waals surface area contributed by atoms with Crippen molar-refractivity contribution >= 4 is 23.0 Å². The van der Waals surface area contributed by atoms with Gasteiger partial charge in [0.05, 0.1) is 11.3 Å². The highest BCUT2D eigenvalue weighted by Gasteiger charge is 2.32. The van der Waals surface area contributed by atoms with Crippen LogP contribution in [0.25, 0.3) is 22.3 Å². The fourth-order valence-corrected chi connectivity index (χ4v) is 4.47. The summed E-state index contributed by atoms with van der Waals surface area (Å²) >= 11 is 0. The third-order valence-electron chi connectivity index (χ3n) is 6.48. The molecule has 2 heterocycles. The van der Waals surface area contributed by atoms with Crippen LogP contribution >= 0.6 is 0 Å². The summed E-state index contributed by atoms with van der Waals surface area (Å²) in [5.41, 5.74) is 4.90. The van der Waals surface area contributed by atoms with Gasteiger partial charge in [0.25, 0.3) is 5.91 Å². The molecule has 0 atom stereocenters. The highest BCUT2D eigenvalue weighted by Crippen LogP contribution is 2.37. The lowest BCUT2D eigenvalue weighted by Crippen LogP contribution is -2.14. The summed E-state index contributed by atoms with van der Waals surface area (Å²) in [5.74, 6) is -0.160. The van der Waals surface area contributed by atoms with E-state index in [4.69, 9.17) is 4.52 Å². The van der Waals surface area contributed by atoms with Crippen LogP contribution in [-0.2, 0) is 6.18 Å². The number of carbonyl (C=O) groups excluding carboxylic acids is 1. The fraction of sp³-hybridized carbons (Fsp3) is 0.129. The van der Waals surface area contributed by atoms with Gasteiger partial charge in [-0.15, -0.1) is 0 Å². The van der Waals surface area contributed by atoms with E-state index in [2.05, 4.69) is 20.8 Å². The maximum Gasteiger partial charge on any atom is 0.416 e. The van der Waals surface area contributed by atoms with E-state index in [1.54, 1.807) is 44.4 Å². The van der Waals surface area contributed by atoms with Crippen LogP contribution in [0.1, 0.15) is 32.9 Å². The first-order valence-electron chi connectivity index (χ1n) is 12.4. The van der Waals surface area contributed by atoms with Crippen molar-refractivity contribution in [1.82, 2.24) is 10.1 Å². The molecule has 5 aromatic rings. The molecule has 2 N–H and O–H groups in total. The number of nitrogens with one attached hydrogen (secondary N) is 2. The molecule has 0 bridgehead atoms. The molecule has 9 heteroatoms. The predicted molar refractivity (Wildman–Crippen MR) is 149 cm³/mol. The van der Waals surface area contributed by atoms with Gasteiger partial charge < -0.3 is 15.2 Å². The lowest BCUT2D eigenvalue weighted by molar-refractivity contribution is -0.137. The van der Waals surface area contributed by atoms with Gasteiger partial charge >= 0.3 is 6.18 Å². The molecule has 3 aromatic carbocycles. The lowest BCUT2D eigenvalue weighted by Gasteiger charge is -2.15. The van der Waals surface area contributed by atoms with Crippen LogP contribution in [0.3, 0.4) is 0 Å². The monoisotopic (exact) mass is 542 g/mol. The maximum absolute atomic E-state index is 13.7. The Morgan fingerprint density at radius 2 is 1.62 bits per heavy atom. The second-order valence-electron chi connectivity index (χ2n) is 9.43. The molecular formula is C31H25F3N4O2. The standard InChI is InChI=1S/C31H25F3N4O2/c1-18-9-10-22(15-28(18)36-26-8-4-6-21(13-26)23-7-5-11-35-17-23)30(39)37-27-14-24(12-25(16-27)31(32,33)34)29-19(2)38-40-20(29)3/h4-17,36H,1-3H3,(H,37,39). The van der Waals surface area contributed by atoms with Crippen LogP contribution in [0.15, 0.2) is 89.7 Å². The van der Waals surface area contributed by atoms with Crippen molar-refractivity contribution in [2.45, 2.75) is 26.9 Å². The van der Waals surface area contributed by atoms with Crippen LogP contribution in [-0.4, -0.2) is 16.0 Å². The Morgan fingerprint density at radius 1 is 0.850 bits per heavy atom. The van der Waals surface area contributed by atoms with E-state index in [1.807, 2.05) is 43.3 Å². The predicted octanol–water partition coefficient (Wildman–Crippen LogP) is 8.34. The molecule has 0 unspecified atom stereocenters. The Hall–Kier alpha value is -4.92. The van der Waals surface area contributed by atoms with Crippen LogP contribution < -0.4 is 10.6 Å². The zero-order valence-corrected chi connectivity index (χ0v) is 21.9. The van der Waals surface area contributed by atoms with E-state index in [0.29, 0.717) is 22.7 Å². The van der Waals surface area contributed by atoms with Crippen molar-refractivity contribution in [3.05, 3.63) is 113 Å². The molecule has 1 amide bonds. The quantitative estimate of drug-likeness (QED) is 0.225. The van der Waals surface area contributed by atoms with E-state index in [0.717, 1.165) is 34.5 Å². The third-order valence-corrected chi connectivity index (χ3v) is 6.48. The van der Waals surface area contributed by atoms with E-state index in [-0.39, 0.29) is 16.8 Å². The SMILES string of the molecule is Cc1ccc(C(=O)Nc2cc(-c3c(C)noc3C)cc(C(F)(F)F)c2)cc1Nc1cccc(-c2cccnc2)c1.